The van der Waals surface area contributed by atoms with Crippen LogP contribution in [0.3, 0.4) is 0 Å². The molecule has 0 bridgehead atoms. The normalized spacial score (nSPS) is 19.1. The van der Waals surface area contributed by atoms with Crippen LogP contribution in [0.5, 0.6) is 0 Å². The van der Waals surface area contributed by atoms with Crippen molar-refractivity contribution >= 4 is 16.5 Å². The van der Waals surface area contributed by atoms with E-state index in [1.54, 1.807) is 18.4 Å². The molecule has 6 heteroatoms. The molecule has 1 aromatic heterocycles. The van der Waals surface area contributed by atoms with Crippen molar-refractivity contribution in [1.82, 2.24) is 9.88 Å². The number of piperazine rings is 1. The first-order chi connectivity index (χ1) is 8.83. The highest BCUT2D eigenvalue weighted by Gasteiger charge is 2.19. The van der Waals surface area contributed by atoms with Gasteiger partial charge in [0, 0.05) is 58.0 Å². The fourth-order valence-corrected chi connectivity index (χ4v) is 2.89. The minimum Gasteiger partial charge on any atom is -0.380 e. The van der Waals surface area contributed by atoms with Gasteiger partial charge in [-0.2, -0.15) is 0 Å². The van der Waals surface area contributed by atoms with Gasteiger partial charge in [-0.1, -0.05) is 0 Å². The fraction of sp³-hybridized carbons (Fsp3) is 0.750. The number of ether oxygens (including phenoxy) is 1. The molecule has 1 atom stereocenters. The second-order valence-corrected chi connectivity index (χ2v) is 5.40. The summed E-state index contributed by atoms with van der Waals surface area (Å²) in [4.78, 5) is 9.19. The van der Waals surface area contributed by atoms with Crippen molar-refractivity contribution in [3.63, 3.8) is 0 Å². The lowest BCUT2D eigenvalue weighted by atomic mass is 10.2. The molecule has 0 aromatic carbocycles. The number of nitrogens with zero attached hydrogens (tertiary/aromatic N) is 3. The molecule has 0 radical (unpaired) electrons. The molecule has 1 saturated heterocycles. The molecule has 2 N–H and O–H groups in total. The van der Waals surface area contributed by atoms with E-state index in [9.17, 15) is 0 Å². The first-order valence-electron chi connectivity index (χ1n) is 6.43. The molecule has 18 heavy (non-hydrogen) atoms. The van der Waals surface area contributed by atoms with Crippen molar-refractivity contribution in [2.45, 2.75) is 12.5 Å². The second kappa shape index (κ2) is 7.04. The van der Waals surface area contributed by atoms with E-state index in [0.29, 0.717) is 6.54 Å². The van der Waals surface area contributed by atoms with Crippen molar-refractivity contribution in [3.05, 3.63) is 11.6 Å². The van der Waals surface area contributed by atoms with Crippen LogP contribution >= 0.6 is 11.3 Å². The monoisotopic (exact) mass is 270 g/mol. The molecule has 1 fully saturated rings. The number of hydrogen-bond acceptors (Lipinski definition) is 6. The zero-order valence-electron chi connectivity index (χ0n) is 10.9. The Morgan fingerprint density at radius 1 is 1.44 bits per heavy atom. The molecule has 1 aliphatic heterocycles. The van der Waals surface area contributed by atoms with Crippen LogP contribution in [0.25, 0.3) is 0 Å². The average Bonchev–Trinajstić information content (AvgIpc) is 2.94. The minimum absolute atomic E-state index is 0.196. The number of rotatable bonds is 6. The van der Waals surface area contributed by atoms with E-state index in [0.717, 1.165) is 44.3 Å². The van der Waals surface area contributed by atoms with E-state index in [4.69, 9.17) is 10.5 Å². The van der Waals surface area contributed by atoms with Crippen molar-refractivity contribution in [1.29, 1.82) is 0 Å². The summed E-state index contributed by atoms with van der Waals surface area (Å²) >= 11 is 1.72. The van der Waals surface area contributed by atoms with Gasteiger partial charge in [0.2, 0.25) is 0 Å². The third-order valence-electron chi connectivity index (χ3n) is 3.43. The van der Waals surface area contributed by atoms with Gasteiger partial charge in [0.1, 0.15) is 0 Å². The highest BCUT2D eigenvalue weighted by Crippen LogP contribution is 2.18. The molecule has 0 spiro atoms. The van der Waals surface area contributed by atoms with Crippen molar-refractivity contribution in [2.75, 3.05) is 51.3 Å². The molecule has 2 rings (SSSR count). The largest absolute Gasteiger partial charge is 0.380 e. The summed E-state index contributed by atoms with van der Waals surface area (Å²) in [7, 11) is 1.73. The quantitative estimate of drug-likeness (QED) is 0.821. The summed E-state index contributed by atoms with van der Waals surface area (Å²) in [5.74, 6) is 0. The first kappa shape index (κ1) is 13.7. The van der Waals surface area contributed by atoms with Crippen LogP contribution in [0.4, 0.5) is 5.13 Å². The number of thiazole rings is 1. The number of aromatic nitrogens is 1. The highest BCUT2D eigenvalue weighted by atomic mass is 32.1. The van der Waals surface area contributed by atoms with Gasteiger partial charge >= 0.3 is 0 Å². The molecule has 1 unspecified atom stereocenters. The molecule has 0 aliphatic carbocycles. The van der Waals surface area contributed by atoms with Crippen molar-refractivity contribution < 1.29 is 4.74 Å². The van der Waals surface area contributed by atoms with Crippen LogP contribution in [0.2, 0.25) is 0 Å². The smallest absolute Gasteiger partial charge is 0.185 e. The van der Waals surface area contributed by atoms with E-state index in [-0.39, 0.29) is 6.10 Å². The molecule has 1 aliphatic rings. The van der Waals surface area contributed by atoms with E-state index in [1.807, 2.05) is 11.6 Å². The fourth-order valence-electron chi connectivity index (χ4n) is 2.19. The number of anilines is 1. The summed E-state index contributed by atoms with van der Waals surface area (Å²) in [6, 6.07) is 0. The van der Waals surface area contributed by atoms with Gasteiger partial charge in [0.25, 0.3) is 0 Å². The molecular weight excluding hydrogens is 248 g/mol. The van der Waals surface area contributed by atoms with Crippen LogP contribution in [-0.4, -0.2) is 62.4 Å². The first-order valence-corrected chi connectivity index (χ1v) is 7.31. The minimum atomic E-state index is 0.196. The number of methoxy groups -OCH3 is 1. The second-order valence-electron chi connectivity index (χ2n) is 4.53. The third-order valence-corrected chi connectivity index (χ3v) is 4.26. The van der Waals surface area contributed by atoms with Gasteiger partial charge < -0.3 is 15.4 Å². The van der Waals surface area contributed by atoms with Crippen molar-refractivity contribution in [3.8, 4) is 0 Å². The van der Waals surface area contributed by atoms with Crippen LogP contribution < -0.4 is 10.6 Å². The van der Waals surface area contributed by atoms with E-state index in [1.165, 1.54) is 0 Å². The van der Waals surface area contributed by atoms with Gasteiger partial charge in [0.05, 0.1) is 6.10 Å². The molecule has 0 saturated carbocycles. The number of nitrogens with two attached hydrogens (primary N) is 1. The van der Waals surface area contributed by atoms with Gasteiger partial charge in [-0.3, -0.25) is 4.90 Å². The maximum absolute atomic E-state index is 5.63. The highest BCUT2D eigenvalue weighted by molar-refractivity contribution is 7.13. The van der Waals surface area contributed by atoms with E-state index >= 15 is 0 Å². The molecule has 5 nitrogen and oxygen atoms in total. The van der Waals surface area contributed by atoms with Crippen LogP contribution in [-0.2, 0) is 4.74 Å². The third kappa shape index (κ3) is 3.65. The van der Waals surface area contributed by atoms with Crippen molar-refractivity contribution in [2.24, 2.45) is 5.73 Å². The Labute approximate surface area is 113 Å². The van der Waals surface area contributed by atoms with Gasteiger partial charge in [-0.25, -0.2) is 4.98 Å². The molecule has 2 heterocycles. The Morgan fingerprint density at radius 3 is 2.78 bits per heavy atom. The lowest BCUT2D eigenvalue weighted by Crippen LogP contribution is -2.47. The average molecular weight is 270 g/mol. The topological polar surface area (TPSA) is 54.6 Å². The van der Waals surface area contributed by atoms with E-state index in [2.05, 4.69) is 14.8 Å². The van der Waals surface area contributed by atoms with E-state index < -0.39 is 0 Å². The summed E-state index contributed by atoms with van der Waals surface area (Å²) < 4.78 is 5.30. The van der Waals surface area contributed by atoms with Gasteiger partial charge in [-0.05, 0) is 6.42 Å². The Hall–Kier alpha value is -0.690. The van der Waals surface area contributed by atoms with Crippen LogP contribution in [0.1, 0.15) is 6.42 Å². The predicted molar refractivity (Wildman–Crippen MR) is 75.2 cm³/mol. The maximum Gasteiger partial charge on any atom is 0.185 e. The van der Waals surface area contributed by atoms with Crippen LogP contribution in [0.15, 0.2) is 11.6 Å². The summed E-state index contributed by atoms with van der Waals surface area (Å²) in [5.41, 5.74) is 5.63. The zero-order chi connectivity index (χ0) is 12.8. The Balaban J connectivity index is 1.70. The summed E-state index contributed by atoms with van der Waals surface area (Å²) in [6.45, 7) is 6.00. The molecular formula is C12H22N4OS. The zero-order valence-corrected chi connectivity index (χ0v) is 11.7. The SMILES string of the molecule is COC(CN)CCN1CCN(c2nccs2)CC1. The number of hydrogen-bond donors (Lipinski definition) is 1. The maximum atomic E-state index is 5.63. The Bertz CT molecular complexity index is 321. The standard InChI is InChI=1S/C12H22N4OS/c1-17-11(10-13)2-4-15-5-7-16(8-6-15)12-14-3-9-18-12/h3,9,11H,2,4-8,10,13H2,1H3. The van der Waals surface area contributed by atoms with Gasteiger partial charge in [-0.15, -0.1) is 11.3 Å². The molecule has 102 valence electrons. The summed E-state index contributed by atoms with van der Waals surface area (Å²) in [6.07, 6.45) is 3.09. The summed E-state index contributed by atoms with van der Waals surface area (Å²) in [5, 5.41) is 3.18. The lowest BCUT2D eigenvalue weighted by molar-refractivity contribution is 0.0885. The van der Waals surface area contributed by atoms with Gasteiger partial charge in [0.15, 0.2) is 5.13 Å². The lowest BCUT2D eigenvalue weighted by Gasteiger charge is -2.35. The predicted octanol–water partition coefficient (Wildman–Crippen LogP) is 0.629. The van der Waals surface area contributed by atoms with Crippen LogP contribution in [0, 0.1) is 0 Å². The Morgan fingerprint density at radius 2 is 2.22 bits per heavy atom. The molecule has 0 amide bonds. The molecule has 1 aromatic rings. The Kier molecular flexibility index (Phi) is 5.37.